The summed E-state index contributed by atoms with van der Waals surface area (Å²) in [7, 11) is 0. The van der Waals surface area contributed by atoms with E-state index in [4.69, 9.17) is 0 Å². The van der Waals surface area contributed by atoms with E-state index in [1.807, 2.05) is 39.9 Å². The Kier molecular flexibility index (Phi) is 6.01. The first kappa shape index (κ1) is 17.1. The van der Waals surface area contributed by atoms with Crippen LogP contribution in [0, 0.1) is 0 Å². The van der Waals surface area contributed by atoms with Crippen molar-refractivity contribution in [3.8, 4) is 0 Å². The second kappa shape index (κ2) is 8.41. The summed E-state index contributed by atoms with van der Waals surface area (Å²) in [5.41, 5.74) is 0. The molecule has 1 fully saturated rings. The molecule has 0 radical (unpaired) electrons. The Morgan fingerprint density at radius 1 is 1.04 bits per heavy atom. The van der Waals surface area contributed by atoms with Crippen molar-refractivity contribution < 1.29 is 9.59 Å². The van der Waals surface area contributed by atoms with Crippen molar-refractivity contribution in [2.24, 2.45) is 0 Å². The minimum Gasteiger partial charge on any atom is -0.350 e. The zero-order valence-electron chi connectivity index (χ0n) is 13.4. The first-order chi connectivity index (χ1) is 11.7. The molecule has 0 unspecified atom stereocenters. The van der Waals surface area contributed by atoms with E-state index in [0.717, 1.165) is 42.5 Å². The molecule has 128 valence electrons. The molecule has 5 nitrogen and oxygen atoms in total. The predicted octanol–water partition coefficient (Wildman–Crippen LogP) is 1.93. The Balaban J connectivity index is 1.34. The standard InChI is InChI=1S/C17H21N3O2S2/c21-16(13-14-3-1-11-23-14)20-9-7-19(8-10-20)6-5-18-17(22)15-4-2-12-24-15/h1-4,11-12H,5-10,13H2,(H,18,22). The summed E-state index contributed by atoms with van der Waals surface area (Å²) in [6, 6.07) is 7.70. The molecule has 2 aromatic rings. The lowest BCUT2D eigenvalue weighted by molar-refractivity contribution is -0.132. The highest BCUT2D eigenvalue weighted by molar-refractivity contribution is 7.12. The maximum Gasteiger partial charge on any atom is 0.261 e. The van der Waals surface area contributed by atoms with Gasteiger partial charge in [-0.15, -0.1) is 22.7 Å². The Hall–Kier alpha value is -1.70. The van der Waals surface area contributed by atoms with Crippen LogP contribution in [0.5, 0.6) is 0 Å². The average molecular weight is 364 g/mol. The smallest absolute Gasteiger partial charge is 0.261 e. The van der Waals surface area contributed by atoms with Gasteiger partial charge in [-0.2, -0.15) is 0 Å². The van der Waals surface area contributed by atoms with Crippen LogP contribution in [0.1, 0.15) is 14.5 Å². The molecule has 3 rings (SSSR count). The molecule has 1 aliphatic rings. The van der Waals surface area contributed by atoms with Crippen LogP contribution in [-0.4, -0.2) is 60.9 Å². The second-order valence-corrected chi connectivity index (χ2v) is 7.69. The van der Waals surface area contributed by atoms with Crippen LogP contribution in [0.25, 0.3) is 0 Å². The van der Waals surface area contributed by atoms with Gasteiger partial charge >= 0.3 is 0 Å². The van der Waals surface area contributed by atoms with E-state index in [9.17, 15) is 9.59 Å². The average Bonchev–Trinajstić information content (AvgIpc) is 3.29. The lowest BCUT2D eigenvalue weighted by Crippen LogP contribution is -2.50. The van der Waals surface area contributed by atoms with Gasteiger partial charge in [-0.05, 0) is 22.9 Å². The highest BCUT2D eigenvalue weighted by atomic mass is 32.1. The lowest BCUT2D eigenvalue weighted by Gasteiger charge is -2.34. The monoisotopic (exact) mass is 363 g/mol. The third kappa shape index (κ3) is 4.66. The fourth-order valence-corrected chi connectivity index (χ4v) is 4.05. The normalized spacial score (nSPS) is 15.4. The van der Waals surface area contributed by atoms with Gasteiger partial charge in [0.25, 0.3) is 5.91 Å². The minimum absolute atomic E-state index is 0.00485. The van der Waals surface area contributed by atoms with Crippen LogP contribution in [-0.2, 0) is 11.2 Å². The summed E-state index contributed by atoms with van der Waals surface area (Å²) in [4.78, 5) is 30.2. The minimum atomic E-state index is -0.00485. The van der Waals surface area contributed by atoms with Gasteiger partial charge in [-0.1, -0.05) is 12.1 Å². The van der Waals surface area contributed by atoms with Crippen molar-refractivity contribution in [3.63, 3.8) is 0 Å². The van der Waals surface area contributed by atoms with Gasteiger partial charge in [0.05, 0.1) is 11.3 Å². The number of piperazine rings is 1. The molecule has 0 aliphatic carbocycles. The van der Waals surface area contributed by atoms with E-state index in [0.29, 0.717) is 13.0 Å². The summed E-state index contributed by atoms with van der Waals surface area (Å²) in [6.07, 6.45) is 0.508. The van der Waals surface area contributed by atoms with E-state index in [1.54, 1.807) is 11.3 Å². The van der Waals surface area contributed by atoms with Crippen LogP contribution in [0.4, 0.5) is 0 Å². The molecule has 24 heavy (non-hydrogen) atoms. The Morgan fingerprint density at radius 3 is 2.46 bits per heavy atom. The van der Waals surface area contributed by atoms with Gasteiger partial charge in [0.2, 0.25) is 5.91 Å². The zero-order valence-corrected chi connectivity index (χ0v) is 15.1. The van der Waals surface area contributed by atoms with Gasteiger partial charge < -0.3 is 10.2 Å². The number of hydrogen-bond donors (Lipinski definition) is 1. The van der Waals surface area contributed by atoms with E-state index in [2.05, 4.69) is 10.2 Å². The van der Waals surface area contributed by atoms with Gasteiger partial charge in [-0.25, -0.2) is 0 Å². The third-order valence-corrected chi connectivity index (χ3v) is 5.83. The summed E-state index contributed by atoms with van der Waals surface area (Å²) in [5.74, 6) is 0.206. The van der Waals surface area contributed by atoms with Crippen LogP contribution >= 0.6 is 22.7 Å². The van der Waals surface area contributed by atoms with E-state index < -0.39 is 0 Å². The number of nitrogens with one attached hydrogen (secondary N) is 1. The highest BCUT2D eigenvalue weighted by Crippen LogP contribution is 2.12. The van der Waals surface area contributed by atoms with Crippen LogP contribution in [0.3, 0.4) is 0 Å². The van der Waals surface area contributed by atoms with Crippen molar-refractivity contribution in [1.82, 2.24) is 15.1 Å². The predicted molar refractivity (Wildman–Crippen MR) is 97.7 cm³/mol. The number of thiophene rings is 2. The largest absolute Gasteiger partial charge is 0.350 e. The summed E-state index contributed by atoms with van der Waals surface area (Å²) < 4.78 is 0. The molecule has 0 atom stereocenters. The van der Waals surface area contributed by atoms with Gasteiger partial charge in [-0.3, -0.25) is 14.5 Å². The highest BCUT2D eigenvalue weighted by Gasteiger charge is 2.21. The zero-order chi connectivity index (χ0) is 16.8. The van der Waals surface area contributed by atoms with Gasteiger partial charge in [0.1, 0.15) is 0 Å². The molecule has 3 heterocycles. The second-order valence-electron chi connectivity index (χ2n) is 5.71. The maximum absolute atomic E-state index is 12.3. The summed E-state index contributed by atoms with van der Waals surface area (Å²) >= 11 is 3.08. The van der Waals surface area contributed by atoms with E-state index in [1.165, 1.54) is 11.3 Å². The van der Waals surface area contributed by atoms with Crippen LogP contribution in [0.15, 0.2) is 35.0 Å². The van der Waals surface area contributed by atoms with Crippen molar-refractivity contribution in [3.05, 3.63) is 44.8 Å². The van der Waals surface area contributed by atoms with E-state index >= 15 is 0 Å². The van der Waals surface area contributed by atoms with Crippen molar-refractivity contribution in [2.75, 3.05) is 39.3 Å². The molecule has 0 spiro atoms. The van der Waals surface area contributed by atoms with Crippen LogP contribution in [0.2, 0.25) is 0 Å². The van der Waals surface area contributed by atoms with Crippen LogP contribution < -0.4 is 5.32 Å². The summed E-state index contributed by atoms with van der Waals surface area (Å²) in [6.45, 7) is 4.73. The number of hydrogen-bond acceptors (Lipinski definition) is 5. The lowest BCUT2D eigenvalue weighted by atomic mass is 10.2. The molecule has 1 N–H and O–H groups in total. The fourth-order valence-electron chi connectivity index (χ4n) is 2.72. The first-order valence-electron chi connectivity index (χ1n) is 8.06. The first-order valence-corrected chi connectivity index (χ1v) is 9.82. The summed E-state index contributed by atoms with van der Waals surface area (Å²) in [5, 5.41) is 6.86. The molecule has 1 aliphatic heterocycles. The Bertz CT molecular complexity index is 647. The van der Waals surface area contributed by atoms with Crippen molar-refractivity contribution in [1.29, 1.82) is 0 Å². The molecule has 0 bridgehead atoms. The topological polar surface area (TPSA) is 52.7 Å². The molecule has 0 saturated carbocycles. The number of carbonyl (C=O) groups excluding carboxylic acids is 2. The molecule has 1 saturated heterocycles. The molecule has 7 heteroatoms. The third-order valence-electron chi connectivity index (χ3n) is 4.09. The van der Waals surface area contributed by atoms with Gasteiger partial charge in [0, 0.05) is 44.1 Å². The van der Waals surface area contributed by atoms with Crippen molar-refractivity contribution in [2.45, 2.75) is 6.42 Å². The fraction of sp³-hybridized carbons (Fsp3) is 0.412. The molecular formula is C17H21N3O2S2. The Morgan fingerprint density at radius 2 is 1.79 bits per heavy atom. The quantitative estimate of drug-likeness (QED) is 0.853. The SMILES string of the molecule is O=C(NCCN1CCN(C(=O)Cc2cccs2)CC1)c1cccs1. The number of carbonyl (C=O) groups is 2. The Labute approximate surface area is 149 Å². The number of rotatable bonds is 6. The molecular weight excluding hydrogens is 342 g/mol. The number of nitrogens with zero attached hydrogens (tertiary/aromatic N) is 2. The maximum atomic E-state index is 12.3. The van der Waals surface area contributed by atoms with Crippen molar-refractivity contribution >= 4 is 34.5 Å². The number of amides is 2. The van der Waals surface area contributed by atoms with Gasteiger partial charge in [0.15, 0.2) is 0 Å². The van der Waals surface area contributed by atoms with E-state index in [-0.39, 0.29) is 11.8 Å². The molecule has 2 amide bonds. The molecule has 0 aromatic carbocycles. The molecule has 2 aromatic heterocycles.